The second-order valence-corrected chi connectivity index (χ2v) is 4.79. The smallest absolute Gasteiger partial charge is 0.331 e. The first-order valence-electron chi connectivity index (χ1n) is 6.43. The van der Waals surface area contributed by atoms with Crippen LogP contribution in [0.5, 0.6) is 0 Å². The van der Waals surface area contributed by atoms with Gasteiger partial charge < -0.3 is 15.5 Å². The van der Waals surface area contributed by atoms with Gasteiger partial charge in [0.2, 0.25) is 0 Å². The number of alkyl halides is 3. The highest BCUT2D eigenvalue weighted by atomic mass is 19.4. The van der Waals surface area contributed by atoms with Gasteiger partial charge in [-0.05, 0) is 6.07 Å². The second kappa shape index (κ2) is 8.80. The lowest BCUT2D eigenvalue weighted by molar-refractivity contribution is -0.114. The van der Waals surface area contributed by atoms with Gasteiger partial charge in [-0.25, -0.2) is 13.6 Å². The molecule has 0 heterocycles. The molecule has 0 aliphatic rings. The summed E-state index contributed by atoms with van der Waals surface area (Å²) < 4.78 is 65.5. The van der Waals surface area contributed by atoms with Crippen LogP contribution in [0.3, 0.4) is 0 Å². The molecule has 0 saturated heterocycles. The molecule has 142 valence electrons. The van der Waals surface area contributed by atoms with Crippen LogP contribution in [-0.2, 0) is 4.79 Å². The number of nitriles is 1. The maximum absolute atomic E-state index is 13.6. The summed E-state index contributed by atoms with van der Waals surface area (Å²) >= 11 is 0. The summed E-state index contributed by atoms with van der Waals surface area (Å²) in [5.74, 6) is -3.85. The highest BCUT2D eigenvalue weighted by Gasteiger charge is 2.36. The first kappa shape index (κ1) is 22.8. The second-order valence-electron chi connectivity index (χ2n) is 4.79. The molecule has 3 amide bonds. The third-order valence-electron chi connectivity index (χ3n) is 2.66. The van der Waals surface area contributed by atoms with Crippen LogP contribution in [0, 0.1) is 23.0 Å². The first-order chi connectivity index (χ1) is 11.5. The van der Waals surface area contributed by atoms with Crippen LogP contribution in [0.15, 0.2) is 23.9 Å². The minimum atomic E-state index is -5.07. The zero-order valence-corrected chi connectivity index (χ0v) is 12.8. The fraction of sp³-hybridized carbons (Fsp3) is 0.267. The Labute approximate surface area is 145 Å². The van der Waals surface area contributed by atoms with Gasteiger partial charge in [0.15, 0.2) is 0 Å². The van der Waals surface area contributed by atoms with Crippen molar-refractivity contribution in [3.8, 4) is 6.07 Å². The van der Waals surface area contributed by atoms with Gasteiger partial charge in [0.1, 0.15) is 23.4 Å². The topological polar surface area (TPSA) is 85.2 Å². The molecule has 0 radical (unpaired) electrons. The maximum atomic E-state index is 13.6. The number of amides is 3. The third-order valence-corrected chi connectivity index (χ3v) is 2.66. The highest BCUT2D eigenvalue weighted by Crippen LogP contribution is 2.24. The van der Waals surface area contributed by atoms with Gasteiger partial charge >= 0.3 is 12.2 Å². The monoisotopic (exact) mass is 378 g/mol. The van der Waals surface area contributed by atoms with Crippen LogP contribution >= 0.6 is 0 Å². The van der Waals surface area contributed by atoms with Gasteiger partial charge in [0.05, 0.1) is 11.3 Å². The number of hydrogen-bond donors (Lipinski definition) is 2. The molecule has 0 aliphatic carbocycles. The fourth-order valence-corrected chi connectivity index (χ4v) is 1.44. The summed E-state index contributed by atoms with van der Waals surface area (Å²) in [4.78, 5) is 23.7. The lowest BCUT2D eigenvalue weighted by Crippen LogP contribution is -2.39. The van der Waals surface area contributed by atoms with Gasteiger partial charge in [-0.15, -0.1) is 0 Å². The summed E-state index contributed by atoms with van der Waals surface area (Å²) in [7, 11) is 2.36. The number of rotatable bonds is 3. The van der Waals surface area contributed by atoms with Gasteiger partial charge in [-0.3, -0.25) is 4.79 Å². The molecule has 1 aromatic carbocycles. The molecule has 0 saturated carbocycles. The largest absolute Gasteiger partial charge is 0.431 e. The number of carbonyl (C=O) groups excluding carboxylic acids is 2. The quantitative estimate of drug-likeness (QED) is 0.626. The SMILES string of the molecule is C.CN(C)C(=O)N/C(=C\C(=O)Nc1cc(F)c(C#N)cc1F)C(F)(F)F. The van der Waals surface area contributed by atoms with Crippen molar-refractivity contribution in [2.24, 2.45) is 0 Å². The molecule has 0 aromatic heterocycles. The maximum Gasteiger partial charge on any atom is 0.431 e. The Kier molecular flexibility index (Phi) is 7.73. The number of nitrogens with zero attached hydrogens (tertiary/aromatic N) is 2. The number of benzene rings is 1. The van der Waals surface area contributed by atoms with E-state index in [-0.39, 0.29) is 13.5 Å². The summed E-state index contributed by atoms with van der Waals surface area (Å²) in [5, 5.41) is 11.7. The molecule has 2 N–H and O–H groups in total. The predicted molar refractivity (Wildman–Crippen MR) is 82.8 cm³/mol. The van der Waals surface area contributed by atoms with Crippen molar-refractivity contribution < 1.29 is 31.5 Å². The van der Waals surface area contributed by atoms with E-state index in [2.05, 4.69) is 0 Å². The van der Waals surface area contributed by atoms with E-state index in [1.165, 1.54) is 25.5 Å². The molecule has 0 fully saturated rings. The van der Waals surface area contributed by atoms with E-state index >= 15 is 0 Å². The van der Waals surface area contributed by atoms with Crippen molar-refractivity contribution in [2.75, 3.05) is 19.4 Å². The van der Waals surface area contributed by atoms with E-state index < -0.39 is 46.7 Å². The van der Waals surface area contributed by atoms with Crippen molar-refractivity contribution in [1.82, 2.24) is 10.2 Å². The van der Waals surface area contributed by atoms with Crippen LogP contribution in [0.4, 0.5) is 32.4 Å². The molecule has 0 bridgehead atoms. The van der Waals surface area contributed by atoms with E-state index in [0.29, 0.717) is 12.1 Å². The zero-order chi connectivity index (χ0) is 19.4. The molecular weight excluding hydrogens is 363 g/mol. The molecule has 0 unspecified atom stereocenters. The Balaban J connectivity index is 0.00000625. The lowest BCUT2D eigenvalue weighted by atomic mass is 10.2. The molecule has 26 heavy (non-hydrogen) atoms. The normalized spacial score (nSPS) is 11.1. The average molecular weight is 378 g/mol. The van der Waals surface area contributed by atoms with Crippen LogP contribution in [0.1, 0.15) is 13.0 Å². The summed E-state index contributed by atoms with van der Waals surface area (Å²) in [6.07, 6.45) is -5.09. The van der Waals surface area contributed by atoms with E-state index in [1.807, 2.05) is 0 Å². The molecule has 0 spiro atoms. The molecule has 1 aromatic rings. The van der Waals surface area contributed by atoms with Crippen molar-refractivity contribution in [3.05, 3.63) is 41.1 Å². The van der Waals surface area contributed by atoms with Crippen molar-refractivity contribution in [1.29, 1.82) is 5.26 Å². The Morgan fingerprint density at radius 3 is 2.23 bits per heavy atom. The van der Waals surface area contributed by atoms with E-state index in [0.717, 1.165) is 4.90 Å². The predicted octanol–water partition coefficient (Wildman–Crippen LogP) is 3.13. The molecule has 0 atom stereocenters. The number of hydrogen-bond acceptors (Lipinski definition) is 3. The van der Waals surface area contributed by atoms with Crippen LogP contribution in [0.25, 0.3) is 0 Å². The lowest BCUT2D eigenvalue weighted by Gasteiger charge is -2.16. The Morgan fingerprint density at radius 2 is 1.77 bits per heavy atom. The van der Waals surface area contributed by atoms with Gasteiger partial charge in [0.25, 0.3) is 5.91 Å². The van der Waals surface area contributed by atoms with Gasteiger partial charge in [0, 0.05) is 26.2 Å². The molecule has 6 nitrogen and oxygen atoms in total. The van der Waals surface area contributed by atoms with E-state index in [9.17, 15) is 31.5 Å². The van der Waals surface area contributed by atoms with Crippen LogP contribution < -0.4 is 10.6 Å². The summed E-state index contributed by atoms with van der Waals surface area (Å²) in [6, 6.07) is 1.14. The molecule has 11 heteroatoms. The number of allylic oxidation sites excluding steroid dienone is 1. The van der Waals surface area contributed by atoms with E-state index in [1.54, 1.807) is 5.32 Å². The Morgan fingerprint density at radius 1 is 1.19 bits per heavy atom. The number of nitrogens with one attached hydrogen (secondary N) is 2. The third kappa shape index (κ3) is 6.04. The van der Waals surface area contributed by atoms with Crippen LogP contribution in [0.2, 0.25) is 0 Å². The number of halogens is 5. The standard InChI is InChI=1S/C14H11F5N4O2.CH4/c1-23(2)13(25)22-11(14(17,18)19)5-12(24)21-10-4-8(15)7(6-20)3-9(10)16;/h3-5H,1-2H3,(H,21,24)(H,22,25);1H4/b11-5-;. The average Bonchev–Trinajstić information content (AvgIpc) is 2.48. The molecular formula is C15H15F5N4O2. The van der Waals surface area contributed by atoms with Gasteiger partial charge in [-0.1, -0.05) is 7.43 Å². The fourth-order valence-electron chi connectivity index (χ4n) is 1.44. The molecule has 1 rings (SSSR count). The van der Waals surface area contributed by atoms with Crippen molar-refractivity contribution >= 4 is 17.6 Å². The van der Waals surface area contributed by atoms with Crippen LogP contribution in [-0.4, -0.2) is 37.1 Å². The summed E-state index contributed by atoms with van der Waals surface area (Å²) in [5.41, 5.74) is -3.10. The highest BCUT2D eigenvalue weighted by molar-refractivity contribution is 6.00. The Bertz CT molecular complexity index is 767. The minimum Gasteiger partial charge on any atom is -0.331 e. The number of carbonyl (C=O) groups is 2. The first-order valence-corrected chi connectivity index (χ1v) is 6.43. The number of urea groups is 1. The number of anilines is 1. The minimum absolute atomic E-state index is 0. The summed E-state index contributed by atoms with van der Waals surface area (Å²) in [6.45, 7) is 0. The zero-order valence-electron chi connectivity index (χ0n) is 12.8. The van der Waals surface area contributed by atoms with Crippen molar-refractivity contribution in [3.63, 3.8) is 0 Å². The van der Waals surface area contributed by atoms with Crippen molar-refractivity contribution in [2.45, 2.75) is 13.6 Å². The van der Waals surface area contributed by atoms with Gasteiger partial charge in [-0.2, -0.15) is 18.4 Å². The van der Waals surface area contributed by atoms with E-state index in [4.69, 9.17) is 5.26 Å². The molecule has 0 aliphatic heterocycles. The Hall–Kier alpha value is -3.16.